The molecule has 0 bridgehead atoms. The fraction of sp³-hybridized carbons (Fsp3) is 0.167. The minimum Gasteiger partial charge on any atom is -0.461 e. The molecule has 2 aromatic rings. The molecular weight excluding hydrogens is 246 g/mol. The number of hydrogen-bond donors (Lipinski definition) is 2. The smallest absolute Gasteiger partial charge is 0.369 e. The van der Waals surface area contributed by atoms with Crippen molar-refractivity contribution < 1.29 is 9.53 Å². The Morgan fingerprint density at radius 1 is 1.58 bits per heavy atom. The molecule has 1 heterocycles. The number of esters is 1. The fourth-order valence-corrected chi connectivity index (χ4v) is 1.43. The van der Waals surface area contributed by atoms with Crippen LogP contribution in [0.25, 0.3) is 11.0 Å². The number of carbonyl (C=O) groups is 1. The van der Waals surface area contributed by atoms with Crippen LogP contribution in [-0.4, -0.2) is 28.3 Å². The van der Waals surface area contributed by atoms with Crippen LogP contribution in [0.15, 0.2) is 29.4 Å². The number of H-pyrrole nitrogens is 1. The van der Waals surface area contributed by atoms with Crippen molar-refractivity contribution >= 4 is 28.7 Å². The van der Waals surface area contributed by atoms with Gasteiger partial charge in [-0.25, -0.2) is 15.2 Å². The summed E-state index contributed by atoms with van der Waals surface area (Å²) in [5, 5.41) is 12.5. The number of ether oxygens (including phenoxy) is 1. The molecule has 7 nitrogen and oxygen atoms in total. The number of anilines is 1. The van der Waals surface area contributed by atoms with Gasteiger partial charge in [0.05, 0.1) is 17.6 Å². The Balaban J connectivity index is 2.16. The number of nitrogens with one attached hydrogen (secondary N) is 2. The van der Waals surface area contributed by atoms with Crippen molar-refractivity contribution in [3.63, 3.8) is 0 Å². The van der Waals surface area contributed by atoms with E-state index in [0.29, 0.717) is 5.95 Å². The highest BCUT2D eigenvalue weighted by Crippen LogP contribution is 2.12. The maximum absolute atomic E-state index is 11.3. The third kappa shape index (κ3) is 2.87. The summed E-state index contributed by atoms with van der Waals surface area (Å²) < 4.78 is 4.68. The van der Waals surface area contributed by atoms with E-state index in [-0.39, 0.29) is 12.3 Å². The number of benzene rings is 1. The summed E-state index contributed by atoms with van der Waals surface area (Å²) in [7, 11) is 0. The largest absolute Gasteiger partial charge is 0.461 e. The zero-order valence-corrected chi connectivity index (χ0v) is 10.2. The molecule has 0 unspecified atom stereocenters. The van der Waals surface area contributed by atoms with E-state index >= 15 is 0 Å². The Hall–Kier alpha value is -2.88. The second-order valence-corrected chi connectivity index (χ2v) is 3.51. The van der Waals surface area contributed by atoms with E-state index in [1.54, 1.807) is 13.0 Å². The van der Waals surface area contributed by atoms with Gasteiger partial charge in [0.2, 0.25) is 11.7 Å². The van der Waals surface area contributed by atoms with E-state index in [4.69, 9.17) is 5.26 Å². The molecule has 7 heteroatoms. The molecule has 0 saturated heterocycles. The van der Waals surface area contributed by atoms with Crippen LogP contribution in [0, 0.1) is 11.3 Å². The lowest BCUT2D eigenvalue weighted by molar-refractivity contribution is -0.134. The van der Waals surface area contributed by atoms with Gasteiger partial charge in [0.15, 0.2) is 0 Å². The summed E-state index contributed by atoms with van der Waals surface area (Å²) in [6.45, 7) is 1.84. The molecule has 0 aliphatic heterocycles. The molecule has 1 aromatic heterocycles. The molecule has 2 rings (SSSR count). The quantitative estimate of drug-likeness (QED) is 0.489. The number of para-hydroxylation sites is 2. The second kappa shape index (κ2) is 5.64. The number of aromatic nitrogens is 2. The van der Waals surface area contributed by atoms with E-state index in [1.807, 2.05) is 24.3 Å². The third-order valence-electron chi connectivity index (χ3n) is 2.24. The van der Waals surface area contributed by atoms with E-state index in [2.05, 4.69) is 25.2 Å². The molecule has 0 saturated carbocycles. The van der Waals surface area contributed by atoms with Crippen molar-refractivity contribution in [1.29, 1.82) is 5.26 Å². The lowest BCUT2D eigenvalue weighted by Gasteiger charge is -1.98. The van der Waals surface area contributed by atoms with Crippen LogP contribution in [0.3, 0.4) is 0 Å². The van der Waals surface area contributed by atoms with E-state index in [0.717, 1.165) is 11.0 Å². The van der Waals surface area contributed by atoms with Crippen molar-refractivity contribution in [2.24, 2.45) is 5.10 Å². The molecule has 0 aliphatic carbocycles. The Bertz CT molecular complexity index is 635. The third-order valence-corrected chi connectivity index (χ3v) is 2.24. The topological polar surface area (TPSA) is 103 Å². The van der Waals surface area contributed by atoms with Gasteiger partial charge in [0.25, 0.3) is 0 Å². The summed E-state index contributed by atoms with van der Waals surface area (Å²) in [4.78, 5) is 18.5. The lowest BCUT2D eigenvalue weighted by Crippen LogP contribution is -2.17. The van der Waals surface area contributed by atoms with E-state index in [1.165, 1.54) is 0 Å². The number of nitriles is 1. The zero-order chi connectivity index (χ0) is 13.7. The molecule has 0 atom stereocenters. The Morgan fingerprint density at radius 2 is 2.37 bits per heavy atom. The number of aromatic amines is 1. The van der Waals surface area contributed by atoms with Crippen LogP contribution >= 0.6 is 0 Å². The maximum Gasteiger partial charge on any atom is 0.369 e. The minimum atomic E-state index is -0.770. The summed E-state index contributed by atoms with van der Waals surface area (Å²) in [6, 6.07) is 9.07. The lowest BCUT2D eigenvalue weighted by atomic mass is 10.3. The average Bonchev–Trinajstić information content (AvgIpc) is 2.82. The standard InChI is InChI=1S/C12H11N5O2/c1-2-19-11(18)10(7-13)16-17-12-14-8-5-3-4-6-9(8)15-12/h3-6H,2H2,1H3,(H2,14,15,17)/b16-10-. The van der Waals surface area contributed by atoms with Crippen LogP contribution < -0.4 is 5.43 Å². The highest BCUT2D eigenvalue weighted by atomic mass is 16.5. The summed E-state index contributed by atoms with van der Waals surface area (Å²) in [6.07, 6.45) is 0. The minimum absolute atomic E-state index is 0.185. The first-order chi connectivity index (χ1) is 9.24. The van der Waals surface area contributed by atoms with Gasteiger partial charge in [-0.15, -0.1) is 0 Å². The molecule has 0 fully saturated rings. The first-order valence-corrected chi connectivity index (χ1v) is 5.60. The molecule has 0 aliphatic rings. The summed E-state index contributed by atoms with van der Waals surface area (Å²) in [5.74, 6) is -0.424. The second-order valence-electron chi connectivity index (χ2n) is 3.51. The molecule has 19 heavy (non-hydrogen) atoms. The number of imidazole rings is 1. The number of hydrogen-bond acceptors (Lipinski definition) is 6. The monoisotopic (exact) mass is 257 g/mol. The molecule has 0 amide bonds. The number of hydrazone groups is 1. The number of rotatable bonds is 4. The van der Waals surface area contributed by atoms with E-state index in [9.17, 15) is 4.79 Å². The van der Waals surface area contributed by atoms with Crippen molar-refractivity contribution in [2.45, 2.75) is 6.92 Å². The van der Waals surface area contributed by atoms with Gasteiger partial charge in [-0.1, -0.05) is 12.1 Å². The molecule has 0 spiro atoms. The van der Waals surface area contributed by atoms with Crippen molar-refractivity contribution in [3.8, 4) is 6.07 Å². The van der Waals surface area contributed by atoms with Gasteiger partial charge in [-0.2, -0.15) is 10.4 Å². The van der Waals surface area contributed by atoms with Gasteiger partial charge in [-0.3, -0.25) is 0 Å². The van der Waals surface area contributed by atoms with Gasteiger partial charge >= 0.3 is 5.97 Å². The number of fused-ring (bicyclic) bond motifs is 1. The number of carbonyl (C=O) groups excluding carboxylic acids is 1. The molecule has 96 valence electrons. The summed E-state index contributed by atoms with van der Waals surface area (Å²) in [5.41, 5.74) is 3.75. The van der Waals surface area contributed by atoms with Crippen LogP contribution in [0.5, 0.6) is 0 Å². The zero-order valence-electron chi connectivity index (χ0n) is 10.2. The highest BCUT2D eigenvalue weighted by Gasteiger charge is 2.12. The SMILES string of the molecule is CCOC(=O)/C(C#N)=N\Nc1nc2ccccc2[nH]1. The molecule has 0 radical (unpaired) electrons. The first-order valence-electron chi connectivity index (χ1n) is 5.60. The maximum atomic E-state index is 11.3. The van der Waals surface area contributed by atoms with Gasteiger partial charge < -0.3 is 9.72 Å². The number of nitrogens with zero attached hydrogens (tertiary/aromatic N) is 3. The van der Waals surface area contributed by atoms with Gasteiger partial charge in [-0.05, 0) is 19.1 Å². The predicted octanol–water partition coefficient (Wildman–Crippen LogP) is 1.42. The average molecular weight is 257 g/mol. The Labute approximate surface area is 108 Å². The van der Waals surface area contributed by atoms with Crippen LogP contribution in [-0.2, 0) is 9.53 Å². The Kier molecular flexibility index (Phi) is 3.73. The van der Waals surface area contributed by atoms with Crippen molar-refractivity contribution in [2.75, 3.05) is 12.0 Å². The van der Waals surface area contributed by atoms with Crippen molar-refractivity contribution in [1.82, 2.24) is 9.97 Å². The van der Waals surface area contributed by atoms with Crippen LogP contribution in [0.4, 0.5) is 5.95 Å². The van der Waals surface area contributed by atoms with Crippen LogP contribution in [0.2, 0.25) is 0 Å². The first kappa shape index (κ1) is 12.6. The highest BCUT2D eigenvalue weighted by molar-refractivity contribution is 6.43. The molecular formula is C12H11N5O2. The van der Waals surface area contributed by atoms with E-state index < -0.39 is 5.97 Å². The Morgan fingerprint density at radius 3 is 3.05 bits per heavy atom. The molecule has 2 N–H and O–H groups in total. The van der Waals surface area contributed by atoms with Crippen molar-refractivity contribution in [3.05, 3.63) is 24.3 Å². The molecule has 1 aromatic carbocycles. The normalized spacial score (nSPS) is 11.1. The van der Waals surface area contributed by atoms with Gasteiger partial charge in [0.1, 0.15) is 6.07 Å². The van der Waals surface area contributed by atoms with Gasteiger partial charge in [0, 0.05) is 0 Å². The summed E-state index contributed by atoms with van der Waals surface area (Å²) >= 11 is 0. The predicted molar refractivity (Wildman–Crippen MR) is 69.4 cm³/mol. The van der Waals surface area contributed by atoms with Crippen LogP contribution in [0.1, 0.15) is 6.92 Å². The fourth-order valence-electron chi connectivity index (χ4n) is 1.43.